The summed E-state index contributed by atoms with van der Waals surface area (Å²) in [4.78, 5) is 18.2. The van der Waals surface area contributed by atoms with Gasteiger partial charge in [0.2, 0.25) is 5.60 Å². The number of hydrogen-bond donors (Lipinski definition) is 2. The summed E-state index contributed by atoms with van der Waals surface area (Å²) in [5.74, 6) is -2.47. The number of imidazole rings is 1. The predicted molar refractivity (Wildman–Crippen MR) is 139 cm³/mol. The van der Waals surface area contributed by atoms with Gasteiger partial charge in [-0.2, -0.15) is 26.3 Å². The first-order valence-electron chi connectivity index (χ1n) is 12.3. The fraction of sp³-hybridized carbons (Fsp3) is 0.462. The van der Waals surface area contributed by atoms with E-state index in [0.717, 1.165) is 0 Å². The van der Waals surface area contributed by atoms with E-state index in [1.54, 1.807) is 34.7 Å². The van der Waals surface area contributed by atoms with Crippen LogP contribution in [0.25, 0.3) is 11.0 Å². The number of aromatic nitrogens is 2. The molecule has 1 amide bonds. The minimum absolute atomic E-state index is 0.0703. The number of nitrogens with zero attached hydrogens (tertiary/aromatic N) is 3. The van der Waals surface area contributed by atoms with Crippen molar-refractivity contribution in [2.24, 2.45) is 13.0 Å². The van der Waals surface area contributed by atoms with Crippen molar-refractivity contribution in [3.05, 3.63) is 57.3 Å². The van der Waals surface area contributed by atoms with E-state index in [1.165, 1.54) is 12.1 Å². The van der Waals surface area contributed by atoms with E-state index in [1.807, 2.05) is 0 Å². The Balaban J connectivity index is 1.56. The van der Waals surface area contributed by atoms with Gasteiger partial charge in [0.15, 0.2) is 0 Å². The normalized spacial score (nSPS) is 18.2. The molecular weight excluding hydrogens is 585 g/mol. The van der Waals surface area contributed by atoms with Crippen LogP contribution in [-0.2, 0) is 24.8 Å². The molecule has 14 heteroatoms. The van der Waals surface area contributed by atoms with Gasteiger partial charge in [-0.3, -0.25) is 4.79 Å². The van der Waals surface area contributed by atoms with Gasteiger partial charge in [0.05, 0.1) is 27.7 Å². The van der Waals surface area contributed by atoms with Crippen molar-refractivity contribution in [3.63, 3.8) is 0 Å². The molecule has 218 valence electrons. The smallest absolute Gasteiger partial charge is 0.373 e. The number of piperidine rings is 1. The molecule has 2 aromatic carbocycles. The lowest BCUT2D eigenvalue weighted by Gasteiger charge is -2.35. The second kappa shape index (κ2) is 10.9. The summed E-state index contributed by atoms with van der Waals surface area (Å²) in [6.07, 6.45) is -8.77. The number of aryl methyl sites for hydroxylation is 1. The number of alkyl halides is 6. The summed E-state index contributed by atoms with van der Waals surface area (Å²) in [6, 6.07) is 7.99. The van der Waals surface area contributed by atoms with Crippen LogP contribution in [0.1, 0.15) is 36.7 Å². The van der Waals surface area contributed by atoms with E-state index in [-0.39, 0.29) is 31.0 Å². The number of benzene rings is 2. The maximum Gasteiger partial charge on any atom is 0.426 e. The highest BCUT2D eigenvalue weighted by Gasteiger charge is 2.55. The molecule has 4 rings (SSSR count). The second-order valence-corrected chi connectivity index (χ2v) is 10.9. The van der Waals surface area contributed by atoms with Crippen molar-refractivity contribution in [2.45, 2.75) is 50.7 Å². The number of anilines is 1. The van der Waals surface area contributed by atoms with E-state index < -0.39 is 29.8 Å². The quantitative estimate of drug-likeness (QED) is 0.327. The Bertz CT molecular complexity index is 1420. The summed E-state index contributed by atoms with van der Waals surface area (Å²) in [7, 11) is 1.74. The highest BCUT2D eigenvalue weighted by atomic mass is 35.5. The maximum atomic E-state index is 13.3. The average Bonchev–Trinajstić information content (AvgIpc) is 3.16. The number of halogens is 8. The molecule has 0 bridgehead atoms. The molecule has 2 unspecified atom stereocenters. The predicted octanol–water partition coefficient (Wildman–Crippen LogP) is 6.18. The van der Waals surface area contributed by atoms with Gasteiger partial charge in [-0.05, 0) is 49.1 Å². The van der Waals surface area contributed by atoms with Crippen LogP contribution in [0.15, 0.2) is 30.3 Å². The van der Waals surface area contributed by atoms with Crippen LogP contribution in [0, 0.1) is 5.92 Å². The number of amides is 1. The summed E-state index contributed by atoms with van der Waals surface area (Å²) in [5.41, 5.74) is -0.855. The first-order valence-corrected chi connectivity index (χ1v) is 13.1. The molecule has 0 spiro atoms. The molecule has 1 fully saturated rings. The maximum absolute atomic E-state index is 13.3. The van der Waals surface area contributed by atoms with Gasteiger partial charge < -0.3 is 19.9 Å². The molecule has 1 saturated heterocycles. The minimum atomic E-state index is -5.14. The molecule has 2 atom stereocenters. The Labute approximate surface area is 235 Å². The van der Waals surface area contributed by atoms with Crippen molar-refractivity contribution < 1.29 is 36.2 Å². The summed E-state index contributed by atoms with van der Waals surface area (Å²) in [5, 5.41) is 12.3. The molecule has 1 aliphatic rings. The molecule has 2 N–H and O–H groups in total. The molecule has 3 aromatic rings. The standard InChI is InChI=1S/C26H26Cl2F6N4O2/c1-24(40,26(32,33)34)23(39)35-12-14-5-6-17(27)15(8-14)9-22-36-19-10-18(28)20(11-21(19)37(22)2)38-7-3-4-16(13-38)25(29,30)31/h5-6,8,10-11,16,40H,3-4,7,9,12-13H2,1-2H3,(H,35,39). The lowest BCUT2D eigenvalue weighted by molar-refractivity contribution is -0.245. The monoisotopic (exact) mass is 610 g/mol. The SMILES string of the molecule is Cn1c(Cc2cc(CNC(=O)C(C)(O)C(F)(F)F)ccc2Cl)nc2cc(Cl)c(N3CCCC(C(F)(F)F)C3)cc21. The van der Waals surface area contributed by atoms with Crippen molar-refractivity contribution in [1.82, 2.24) is 14.9 Å². The number of nitrogens with one attached hydrogen (secondary N) is 1. The molecule has 0 radical (unpaired) electrons. The fourth-order valence-electron chi connectivity index (χ4n) is 4.64. The fourth-order valence-corrected chi connectivity index (χ4v) is 5.10. The number of hydrogen-bond acceptors (Lipinski definition) is 4. The van der Waals surface area contributed by atoms with Gasteiger partial charge in [0.25, 0.3) is 5.91 Å². The van der Waals surface area contributed by atoms with Gasteiger partial charge in [-0.15, -0.1) is 0 Å². The third-order valence-electron chi connectivity index (χ3n) is 7.17. The molecule has 1 aliphatic heterocycles. The minimum Gasteiger partial charge on any atom is -0.373 e. The summed E-state index contributed by atoms with van der Waals surface area (Å²) >= 11 is 12.8. The number of carbonyl (C=O) groups excluding carboxylic acids is 1. The van der Waals surface area contributed by atoms with Crippen LogP contribution in [0.4, 0.5) is 32.0 Å². The molecule has 1 aromatic heterocycles. The van der Waals surface area contributed by atoms with Gasteiger partial charge in [0, 0.05) is 38.1 Å². The van der Waals surface area contributed by atoms with Crippen molar-refractivity contribution >= 4 is 45.8 Å². The number of aliphatic hydroxyl groups is 1. The zero-order valence-electron chi connectivity index (χ0n) is 21.4. The van der Waals surface area contributed by atoms with Crippen LogP contribution < -0.4 is 10.2 Å². The van der Waals surface area contributed by atoms with E-state index in [9.17, 15) is 36.2 Å². The Morgan fingerprint density at radius 2 is 1.82 bits per heavy atom. The first kappa shape index (κ1) is 30.3. The second-order valence-electron chi connectivity index (χ2n) is 10.1. The van der Waals surface area contributed by atoms with E-state index in [2.05, 4.69) is 10.3 Å². The molecule has 40 heavy (non-hydrogen) atoms. The van der Waals surface area contributed by atoms with Crippen molar-refractivity contribution in [2.75, 3.05) is 18.0 Å². The molecule has 0 aliphatic carbocycles. The molecule has 2 heterocycles. The van der Waals surface area contributed by atoms with Crippen LogP contribution in [0.2, 0.25) is 10.0 Å². The highest BCUT2D eigenvalue weighted by Crippen LogP contribution is 2.38. The van der Waals surface area contributed by atoms with E-state index in [0.29, 0.717) is 58.6 Å². The molecular formula is C26H26Cl2F6N4O2. The van der Waals surface area contributed by atoms with Crippen LogP contribution in [0.3, 0.4) is 0 Å². The number of fused-ring (bicyclic) bond motifs is 1. The molecule has 0 saturated carbocycles. The Morgan fingerprint density at radius 3 is 2.48 bits per heavy atom. The van der Waals surface area contributed by atoms with Gasteiger partial charge in [-0.25, -0.2) is 4.98 Å². The van der Waals surface area contributed by atoms with E-state index >= 15 is 0 Å². The zero-order valence-corrected chi connectivity index (χ0v) is 22.9. The van der Waals surface area contributed by atoms with Crippen LogP contribution in [0.5, 0.6) is 0 Å². The largest absolute Gasteiger partial charge is 0.426 e. The van der Waals surface area contributed by atoms with Gasteiger partial charge in [0.1, 0.15) is 5.82 Å². The van der Waals surface area contributed by atoms with Crippen LogP contribution >= 0.6 is 23.2 Å². The Hall–Kier alpha value is -2.70. The van der Waals surface area contributed by atoms with Crippen molar-refractivity contribution in [3.8, 4) is 0 Å². The summed E-state index contributed by atoms with van der Waals surface area (Å²) in [6.45, 7) is 0.348. The average molecular weight is 611 g/mol. The third kappa shape index (κ3) is 6.13. The Kier molecular flexibility index (Phi) is 8.28. The number of rotatable bonds is 6. The third-order valence-corrected chi connectivity index (χ3v) is 7.84. The van der Waals surface area contributed by atoms with Crippen molar-refractivity contribution in [1.29, 1.82) is 0 Å². The topological polar surface area (TPSA) is 70.4 Å². The first-order chi connectivity index (χ1) is 18.5. The zero-order chi connectivity index (χ0) is 29.6. The van der Waals surface area contributed by atoms with Crippen LogP contribution in [-0.4, -0.2) is 51.6 Å². The molecule has 6 nitrogen and oxygen atoms in total. The van der Waals surface area contributed by atoms with Gasteiger partial charge in [-0.1, -0.05) is 35.3 Å². The lowest BCUT2D eigenvalue weighted by atomic mass is 9.97. The van der Waals surface area contributed by atoms with Gasteiger partial charge >= 0.3 is 12.4 Å². The number of carbonyl (C=O) groups is 1. The lowest BCUT2D eigenvalue weighted by Crippen LogP contribution is -2.54. The Morgan fingerprint density at radius 1 is 1.12 bits per heavy atom. The summed E-state index contributed by atoms with van der Waals surface area (Å²) < 4.78 is 80.6. The highest BCUT2D eigenvalue weighted by molar-refractivity contribution is 6.34. The van der Waals surface area contributed by atoms with E-state index in [4.69, 9.17) is 23.2 Å².